The third-order valence-corrected chi connectivity index (χ3v) is 4.31. The maximum Gasteiger partial charge on any atom is 0.119 e. The number of benzene rings is 1. The highest BCUT2D eigenvalue weighted by Crippen LogP contribution is 2.26. The van der Waals surface area contributed by atoms with Crippen LogP contribution in [0.3, 0.4) is 0 Å². The Bertz CT molecular complexity index is 430. The molecule has 0 spiro atoms. The zero-order valence-electron chi connectivity index (χ0n) is 13.5. The number of hydrogen-bond acceptors (Lipinski definition) is 4. The highest BCUT2D eigenvalue weighted by atomic mass is 16.5. The van der Waals surface area contributed by atoms with Gasteiger partial charge in [-0.2, -0.15) is 0 Å². The molecule has 1 aliphatic carbocycles. The molecule has 0 amide bonds. The lowest BCUT2D eigenvalue weighted by Gasteiger charge is -2.22. The maximum atomic E-state index is 10.2. The van der Waals surface area contributed by atoms with Crippen LogP contribution in [0.1, 0.15) is 57.1 Å². The van der Waals surface area contributed by atoms with Gasteiger partial charge in [-0.1, -0.05) is 31.4 Å². The van der Waals surface area contributed by atoms with Gasteiger partial charge in [0, 0.05) is 6.54 Å². The largest absolute Gasteiger partial charge is 0.493 e. The second-order valence-corrected chi connectivity index (χ2v) is 6.32. The molecule has 0 aromatic heterocycles. The van der Waals surface area contributed by atoms with Crippen LogP contribution in [0, 0.1) is 5.92 Å². The lowest BCUT2D eigenvalue weighted by atomic mass is 9.90. The number of hydrogen-bond donors (Lipinski definition) is 3. The predicted molar refractivity (Wildman–Crippen MR) is 87.8 cm³/mol. The zero-order valence-corrected chi connectivity index (χ0v) is 13.5. The zero-order chi connectivity index (χ0) is 15.8. The highest BCUT2D eigenvalue weighted by Gasteiger charge is 2.14. The van der Waals surface area contributed by atoms with E-state index in [0.717, 1.165) is 17.9 Å². The summed E-state index contributed by atoms with van der Waals surface area (Å²) in [5.74, 6) is 1.52. The van der Waals surface area contributed by atoms with Gasteiger partial charge in [0.15, 0.2) is 0 Å². The Morgan fingerprint density at radius 3 is 2.73 bits per heavy atom. The summed E-state index contributed by atoms with van der Waals surface area (Å²) < 4.78 is 5.91. The molecule has 1 aliphatic rings. The Hall–Kier alpha value is -1.10. The first-order valence-electron chi connectivity index (χ1n) is 8.47. The van der Waals surface area contributed by atoms with Gasteiger partial charge in [-0.15, -0.1) is 0 Å². The summed E-state index contributed by atoms with van der Waals surface area (Å²) in [5.41, 5.74) is 0.869. The summed E-state index contributed by atoms with van der Waals surface area (Å²) in [6, 6.07) is 7.72. The quantitative estimate of drug-likeness (QED) is 0.646. The number of aliphatic hydroxyl groups is 2. The first kappa shape index (κ1) is 17.3. The van der Waals surface area contributed by atoms with Crippen molar-refractivity contribution in [2.24, 2.45) is 5.92 Å². The van der Waals surface area contributed by atoms with Crippen molar-refractivity contribution < 1.29 is 14.9 Å². The normalized spacial score (nSPS) is 18.9. The summed E-state index contributed by atoms with van der Waals surface area (Å²) in [6.07, 6.45) is 6.03. The summed E-state index contributed by atoms with van der Waals surface area (Å²) in [4.78, 5) is 0. The van der Waals surface area contributed by atoms with E-state index in [0.29, 0.717) is 18.9 Å². The van der Waals surface area contributed by atoms with E-state index in [1.807, 2.05) is 24.3 Å². The molecule has 0 radical (unpaired) electrons. The summed E-state index contributed by atoms with van der Waals surface area (Å²) in [6.45, 7) is 3.03. The SMILES string of the molecule is CC(O)NCCC(O)c1cccc(OCC2CCCCC2)c1. The lowest BCUT2D eigenvalue weighted by molar-refractivity contribution is 0.132. The van der Waals surface area contributed by atoms with Gasteiger partial charge in [0.1, 0.15) is 12.0 Å². The Morgan fingerprint density at radius 2 is 2.00 bits per heavy atom. The van der Waals surface area contributed by atoms with E-state index in [2.05, 4.69) is 5.32 Å². The number of rotatable bonds is 8. The lowest BCUT2D eigenvalue weighted by Crippen LogP contribution is -2.27. The molecular formula is C18H29NO3. The molecule has 0 saturated heterocycles. The van der Waals surface area contributed by atoms with Gasteiger partial charge in [-0.3, -0.25) is 5.32 Å². The second kappa shape index (κ2) is 9.13. The van der Waals surface area contributed by atoms with Crippen LogP contribution in [0.4, 0.5) is 0 Å². The molecule has 2 rings (SSSR count). The Labute approximate surface area is 133 Å². The van der Waals surface area contributed by atoms with Crippen LogP contribution in [-0.4, -0.2) is 29.6 Å². The number of aliphatic hydroxyl groups excluding tert-OH is 2. The first-order valence-corrected chi connectivity index (χ1v) is 8.47. The minimum atomic E-state index is -0.544. The van der Waals surface area contributed by atoms with E-state index >= 15 is 0 Å². The van der Waals surface area contributed by atoms with Crippen molar-refractivity contribution in [3.05, 3.63) is 29.8 Å². The number of nitrogens with one attached hydrogen (secondary N) is 1. The van der Waals surface area contributed by atoms with Gasteiger partial charge >= 0.3 is 0 Å². The van der Waals surface area contributed by atoms with Crippen molar-refractivity contribution in [1.82, 2.24) is 5.32 Å². The van der Waals surface area contributed by atoms with Crippen LogP contribution in [0.15, 0.2) is 24.3 Å². The molecule has 2 atom stereocenters. The van der Waals surface area contributed by atoms with Gasteiger partial charge in [-0.05, 0) is 49.8 Å². The fraction of sp³-hybridized carbons (Fsp3) is 0.667. The van der Waals surface area contributed by atoms with E-state index in [1.54, 1.807) is 6.92 Å². The van der Waals surface area contributed by atoms with Crippen molar-refractivity contribution in [2.75, 3.05) is 13.2 Å². The van der Waals surface area contributed by atoms with Gasteiger partial charge in [0.25, 0.3) is 0 Å². The summed E-state index contributed by atoms with van der Waals surface area (Å²) in [7, 11) is 0. The maximum absolute atomic E-state index is 10.2. The van der Waals surface area contributed by atoms with Crippen LogP contribution < -0.4 is 10.1 Å². The molecule has 2 unspecified atom stereocenters. The monoisotopic (exact) mass is 307 g/mol. The fourth-order valence-electron chi connectivity index (χ4n) is 2.98. The van der Waals surface area contributed by atoms with Crippen molar-refractivity contribution in [3.63, 3.8) is 0 Å². The smallest absolute Gasteiger partial charge is 0.119 e. The van der Waals surface area contributed by atoms with E-state index in [-0.39, 0.29) is 0 Å². The molecule has 0 aliphatic heterocycles. The molecular weight excluding hydrogens is 278 g/mol. The van der Waals surface area contributed by atoms with Crippen LogP contribution in [0.5, 0.6) is 5.75 Å². The standard InChI is InChI=1S/C18H29NO3/c1-14(20)19-11-10-18(21)16-8-5-9-17(12-16)22-13-15-6-3-2-4-7-15/h5,8-9,12,14-15,18-21H,2-4,6-7,10-11,13H2,1H3. The average molecular weight is 307 g/mol. The van der Waals surface area contributed by atoms with Crippen molar-refractivity contribution in [1.29, 1.82) is 0 Å². The van der Waals surface area contributed by atoms with Crippen molar-refractivity contribution >= 4 is 0 Å². The summed E-state index contributed by atoms with van der Waals surface area (Å²) >= 11 is 0. The Kier molecular flexibility index (Phi) is 7.16. The fourth-order valence-corrected chi connectivity index (χ4v) is 2.98. The van der Waals surface area contributed by atoms with E-state index < -0.39 is 12.3 Å². The van der Waals surface area contributed by atoms with Crippen LogP contribution in [0.25, 0.3) is 0 Å². The molecule has 22 heavy (non-hydrogen) atoms. The second-order valence-electron chi connectivity index (χ2n) is 6.32. The molecule has 0 heterocycles. The molecule has 1 saturated carbocycles. The van der Waals surface area contributed by atoms with E-state index in [9.17, 15) is 5.11 Å². The molecule has 4 heteroatoms. The van der Waals surface area contributed by atoms with Crippen LogP contribution in [0.2, 0.25) is 0 Å². The molecule has 3 N–H and O–H groups in total. The Morgan fingerprint density at radius 1 is 1.23 bits per heavy atom. The molecule has 1 aromatic rings. The van der Waals surface area contributed by atoms with Crippen LogP contribution >= 0.6 is 0 Å². The minimum Gasteiger partial charge on any atom is -0.493 e. The average Bonchev–Trinajstić information content (AvgIpc) is 2.54. The van der Waals surface area contributed by atoms with Crippen molar-refractivity contribution in [2.45, 2.75) is 57.8 Å². The van der Waals surface area contributed by atoms with Crippen LogP contribution in [-0.2, 0) is 0 Å². The van der Waals surface area contributed by atoms with Gasteiger partial charge in [-0.25, -0.2) is 0 Å². The number of ether oxygens (including phenoxy) is 1. The first-order chi connectivity index (χ1) is 10.6. The molecule has 4 nitrogen and oxygen atoms in total. The topological polar surface area (TPSA) is 61.7 Å². The molecule has 124 valence electrons. The predicted octanol–water partition coefficient (Wildman–Crippen LogP) is 3.00. The molecule has 1 aromatic carbocycles. The highest BCUT2D eigenvalue weighted by molar-refractivity contribution is 5.29. The van der Waals surface area contributed by atoms with E-state index in [1.165, 1.54) is 32.1 Å². The van der Waals surface area contributed by atoms with Crippen molar-refractivity contribution in [3.8, 4) is 5.75 Å². The van der Waals surface area contributed by atoms with Gasteiger partial charge in [0.05, 0.1) is 12.7 Å². The molecule has 1 fully saturated rings. The molecule has 0 bridgehead atoms. The third kappa shape index (κ3) is 5.95. The minimum absolute atomic E-state index is 0.538. The Balaban J connectivity index is 1.80. The van der Waals surface area contributed by atoms with Gasteiger partial charge < -0.3 is 14.9 Å². The summed E-state index contributed by atoms with van der Waals surface area (Å²) in [5, 5.41) is 22.3. The van der Waals surface area contributed by atoms with E-state index in [4.69, 9.17) is 9.84 Å². The van der Waals surface area contributed by atoms with Gasteiger partial charge in [0.2, 0.25) is 0 Å². The third-order valence-electron chi connectivity index (χ3n) is 4.31.